The Morgan fingerprint density at radius 1 is 0.708 bits per heavy atom. The van der Waals surface area contributed by atoms with Crippen LogP contribution in [0.5, 0.6) is 0 Å². The number of isothiocyanates is 1. The molecule has 5 aromatic carbocycles. The number of hydrogen-bond acceptors (Lipinski definition) is 8. The monoisotopic (exact) mass is 672 g/mol. The van der Waals surface area contributed by atoms with Crippen molar-refractivity contribution in [3.8, 4) is 5.40 Å². The van der Waals surface area contributed by atoms with Crippen molar-refractivity contribution in [3.05, 3.63) is 58.7 Å². The number of thiocyanates is 1. The molecule has 240 valence electrons. The van der Waals surface area contributed by atoms with Gasteiger partial charge < -0.3 is 0 Å². The quantitative estimate of drug-likeness (QED) is 0.0276. The third-order valence-electron chi connectivity index (χ3n) is 10.00. The minimum absolute atomic E-state index is 0.265. The number of rotatable bonds is 10. The smallest absolute Gasteiger partial charge is 0.261 e. The number of fused-ring (bicyclic) bond motifs is 2. The highest BCUT2D eigenvalue weighted by Gasteiger charge is 2.40. The number of imide groups is 2. The van der Waals surface area contributed by atoms with Crippen LogP contribution in [0.25, 0.3) is 43.1 Å². The summed E-state index contributed by atoms with van der Waals surface area (Å²) in [6.07, 6.45) is 5.02. The molecule has 0 radical (unpaired) electrons. The normalized spacial score (nSPS) is 15.6. The molecule has 0 saturated carbocycles. The second-order valence-electron chi connectivity index (χ2n) is 12.8. The Labute approximate surface area is 287 Å². The molecule has 7 rings (SSSR count). The molecule has 0 aliphatic carbocycles. The number of aliphatic imine (C=N–C) groups is 1. The summed E-state index contributed by atoms with van der Waals surface area (Å²) in [5.74, 6) is -1.48. The highest BCUT2D eigenvalue weighted by molar-refractivity contribution is 8.04. The number of hydrogen-bond donors (Lipinski definition) is 0. The molecule has 2 aliphatic rings. The highest BCUT2D eigenvalue weighted by atomic mass is 32.2. The number of thioether (sulfide) groups is 1. The van der Waals surface area contributed by atoms with E-state index in [1.165, 1.54) is 9.80 Å². The van der Waals surface area contributed by atoms with Crippen molar-refractivity contribution in [2.24, 2.45) is 4.99 Å². The van der Waals surface area contributed by atoms with Gasteiger partial charge in [0.2, 0.25) is 0 Å². The van der Waals surface area contributed by atoms with Crippen LogP contribution >= 0.6 is 24.0 Å². The molecule has 2 heterocycles. The zero-order valence-corrected chi connectivity index (χ0v) is 28.7. The number of nitrogens with zero attached hydrogens (tertiary/aromatic N) is 4. The van der Waals surface area contributed by atoms with E-state index in [9.17, 15) is 24.4 Å². The predicted octanol–water partition coefficient (Wildman–Crippen LogP) is 9.39. The third-order valence-corrected chi connectivity index (χ3v) is 10.7. The lowest BCUT2D eigenvalue weighted by Crippen LogP contribution is -2.46. The molecule has 2 aliphatic heterocycles. The summed E-state index contributed by atoms with van der Waals surface area (Å²) in [6, 6.07) is 10.0. The number of carbonyl (C=O) groups excluding carboxylic acids is 4. The molecule has 0 N–H and O–H groups in total. The second kappa shape index (κ2) is 12.1. The van der Waals surface area contributed by atoms with Crippen LogP contribution in [0.2, 0.25) is 0 Å². The first-order valence-electron chi connectivity index (χ1n) is 16.4. The van der Waals surface area contributed by atoms with Crippen molar-refractivity contribution >= 4 is 102 Å². The first-order chi connectivity index (χ1) is 23.2. The number of benzene rings is 5. The molecule has 8 nitrogen and oxygen atoms in total. The maximum atomic E-state index is 14.2. The van der Waals surface area contributed by atoms with Crippen molar-refractivity contribution in [1.82, 2.24) is 9.80 Å². The number of carbonyl (C=O) groups is 4. The van der Waals surface area contributed by atoms with E-state index in [-0.39, 0.29) is 23.9 Å². The Balaban J connectivity index is 1.62. The van der Waals surface area contributed by atoms with E-state index in [2.05, 4.69) is 29.4 Å². The Hall–Kier alpha value is -4.68. The summed E-state index contributed by atoms with van der Waals surface area (Å²) >= 11 is 6.01. The van der Waals surface area contributed by atoms with E-state index < -0.39 is 11.8 Å². The first-order valence-corrected chi connectivity index (χ1v) is 17.6. The lowest BCUT2D eigenvalue weighted by Gasteiger charge is -2.34. The summed E-state index contributed by atoms with van der Waals surface area (Å²) in [5.41, 5.74) is 1.93. The summed E-state index contributed by atoms with van der Waals surface area (Å²) < 4.78 is 0. The fraction of sp³-hybridized carbons (Fsp3) is 0.316. The Morgan fingerprint density at radius 2 is 1.21 bits per heavy atom. The fourth-order valence-corrected chi connectivity index (χ4v) is 8.46. The summed E-state index contributed by atoms with van der Waals surface area (Å²) in [6.45, 7) is 7.93. The molecule has 2 atom stereocenters. The molecule has 0 aromatic heterocycles. The molecule has 0 saturated heterocycles. The van der Waals surface area contributed by atoms with Crippen LogP contribution in [0.15, 0.2) is 46.3 Å². The van der Waals surface area contributed by atoms with E-state index >= 15 is 0 Å². The third kappa shape index (κ3) is 4.42. The maximum absolute atomic E-state index is 14.2. The number of unbranched alkanes of at least 4 members (excludes halogenated alkanes) is 2. The van der Waals surface area contributed by atoms with Crippen molar-refractivity contribution in [2.75, 3.05) is 0 Å². The summed E-state index contributed by atoms with van der Waals surface area (Å²) in [7, 11) is 0. The van der Waals surface area contributed by atoms with E-state index in [0.717, 1.165) is 37.4 Å². The Morgan fingerprint density at radius 3 is 1.73 bits per heavy atom. The van der Waals surface area contributed by atoms with Crippen molar-refractivity contribution < 1.29 is 19.2 Å². The van der Waals surface area contributed by atoms with Gasteiger partial charge in [0, 0.05) is 60.6 Å². The van der Waals surface area contributed by atoms with Crippen LogP contribution in [0.3, 0.4) is 0 Å². The average molecular weight is 673 g/mol. The number of nitriles is 1. The molecule has 2 unspecified atom stereocenters. The van der Waals surface area contributed by atoms with Crippen LogP contribution in [0, 0.1) is 10.7 Å². The first kappa shape index (κ1) is 31.9. The van der Waals surface area contributed by atoms with Gasteiger partial charge >= 0.3 is 0 Å². The molecule has 0 spiro atoms. The molecular formula is C38H32N4O4S2. The van der Waals surface area contributed by atoms with E-state index in [1.807, 2.05) is 26.0 Å². The summed E-state index contributed by atoms with van der Waals surface area (Å²) in [5, 5.41) is 19.7. The molecular weight excluding hydrogens is 641 g/mol. The van der Waals surface area contributed by atoms with Crippen molar-refractivity contribution in [1.29, 1.82) is 5.26 Å². The van der Waals surface area contributed by atoms with Gasteiger partial charge in [-0.2, -0.15) is 10.3 Å². The SMILES string of the molecule is CCCCC(C)N1C(=O)c2ccc3c4c(N=C=S)cc5c6c(cc(SC#N)c(c7ccc(c2c37)C1=O)c64)C(=O)N(C(C)CCCC)C5=O. The van der Waals surface area contributed by atoms with Crippen LogP contribution in [0.4, 0.5) is 5.69 Å². The topological polar surface area (TPSA) is 111 Å². The van der Waals surface area contributed by atoms with Crippen LogP contribution in [-0.2, 0) is 0 Å². The van der Waals surface area contributed by atoms with Crippen LogP contribution in [-0.4, -0.2) is 50.7 Å². The summed E-state index contributed by atoms with van der Waals surface area (Å²) in [4.78, 5) is 64.1. The van der Waals surface area contributed by atoms with Gasteiger partial charge in [-0.15, -0.1) is 0 Å². The van der Waals surface area contributed by atoms with Gasteiger partial charge in [-0.25, -0.2) is 0 Å². The van der Waals surface area contributed by atoms with Crippen molar-refractivity contribution in [2.45, 2.75) is 83.2 Å². The lowest BCUT2D eigenvalue weighted by atomic mass is 9.81. The molecule has 4 amide bonds. The second-order valence-corrected chi connectivity index (χ2v) is 13.8. The predicted molar refractivity (Wildman–Crippen MR) is 193 cm³/mol. The Bertz CT molecular complexity index is 2330. The zero-order chi connectivity index (χ0) is 34.0. The van der Waals surface area contributed by atoms with Gasteiger partial charge in [0.25, 0.3) is 23.6 Å². The number of thiocarbonyl (C=S) groups is 1. The Kier molecular flexibility index (Phi) is 8.03. The maximum Gasteiger partial charge on any atom is 0.261 e. The minimum Gasteiger partial charge on any atom is -0.272 e. The van der Waals surface area contributed by atoms with Gasteiger partial charge in [0.1, 0.15) is 5.40 Å². The van der Waals surface area contributed by atoms with E-state index in [4.69, 9.17) is 12.2 Å². The lowest BCUT2D eigenvalue weighted by molar-refractivity contribution is 0.0527. The zero-order valence-electron chi connectivity index (χ0n) is 27.1. The van der Waals surface area contributed by atoms with Gasteiger partial charge in [0.05, 0.1) is 16.4 Å². The van der Waals surface area contributed by atoms with Gasteiger partial charge in [-0.3, -0.25) is 29.0 Å². The molecule has 48 heavy (non-hydrogen) atoms. The fourth-order valence-electron chi connectivity index (χ4n) is 7.77. The van der Waals surface area contributed by atoms with E-state index in [0.29, 0.717) is 88.8 Å². The van der Waals surface area contributed by atoms with Crippen LogP contribution < -0.4 is 0 Å². The van der Waals surface area contributed by atoms with Crippen molar-refractivity contribution in [3.63, 3.8) is 0 Å². The molecule has 5 aromatic rings. The van der Waals surface area contributed by atoms with E-state index in [1.54, 1.807) is 24.3 Å². The number of amides is 4. The van der Waals surface area contributed by atoms with Gasteiger partial charge in [-0.05, 0) is 91.1 Å². The minimum atomic E-state index is -0.403. The molecule has 0 fully saturated rings. The van der Waals surface area contributed by atoms with Crippen LogP contribution in [0.1, 0.15) is 108 Å². The average Bonchev–Trinajstić information content (AvgIpc) is 3.07. The largest absolute Gasteiger partial charge is 0.272 e. The van der Waals surface area contributed by atoms with Gasteiger partial charge in [-0.1, -0.05) is 51.7 Å². The molecule has 10 heteroatoms. The molecule has 0 bridgehead atoms. The highest BCUT2D eigenvalue weighted by Crippen LogP contribution is 2.52. The standard InChI is InChI=1S/C38H32N4O4S2/c1-5-7-9-19(3)41-35(43)23-13-11-21-29-22(12-14-24(30(23)29)36(41)44)33-28(48-17-39)16-26-31-25(15-27(40-18-47)32(21)34(31)33)37(45)42(38(26)46)20(4)10-8-6-2/h11-16,19-20H,5-10H2,1-4H3. The van der Waals surface area contributed by atoms with Gasteiger partial charge in [0.15, 0.2) is 0 Å².